The summed E-state index contributed by atoms with van der Waals surface area (Å²) >= 11 is 0. The Morgan fingerprint density at radius 2 is 0.939 bits per heavy atom. The Kier molecular flexibility index (Phi) is 33.1. The van der Waals surface area contributed by atoms with Gasteiger partial charge in [0.2, 0.25) is 0 Å². The van der Waals surface area contributed by atoms with Crippen LogP contribution in [0.25, 0.3) is 0 Å². The molecule has 0 rings (SSSR count). The van der Waals surface area contributed by atoms with Crippen molar-refractivity contribution in [1.82, 2.24) is 9.80 Å². The van der Waals surface area contributed by atoms with E-state index >= 15 is 0 Å². The standard InChI is InChI=1S/C40H82N4O4S/c1-6-9-12-15-19-24-31-38(32-25-20-16-13-10-7-2)48-40(45)34-26-21-18-23-29-36-44(35-28-22-17-14-11-8-3)37-30-27-33-39(43(4)5)42-49(41,46)47/h38H,6-37H2,1-5H3,(H2,41,46,47)/b42-39-. The van der Waals surface area contributed by atoms with Crippen molar-refractivity contribution in [3.8, 4) is 0 Å². The van der Waals surface area contributed by atoms with E-state index in [4.69, 9.17) is 9.88 Å². The fraction of sp³-hybridized carbons (Fsp3) is 0.950. The Bertz CT molecular complexity index is 866. The third kappa shape index (κ3) is 33.7. The highest BCUT2D eigenvalue weighted by Crippen LogP contribution is 2.18. The van der Waals surface area contributed by atoms with Gasteiger partial charge in [-0.3, -0.25) is 4.79 Å². The Morgan fingerprint density at radius 3 is 1.37 bits per heavy atom. The molecule has 0 fully saturated rings. The van der Waals surface area contributed by atoms with Crippen LogP contribution in [0.5, 0.6) is 0 Å². The second-order valence-electron chi connectivity index (χ2n) is 14.7. The number of rotatable bonds is 36. The molecule has 2 N–H and O–H groups in total. The van der Waals surface area contributed by atoms with E-state index in [1.54, 1.807) is 4.90 Å². The largest absolute Gasteiger partial charge is 0.462 e. The topological polar surface area (TPSA) is 105 Å². The molecule has 0 aliphatic carbocycles. The van der Waals surface area contributed by atoms with E-state index in [2.05, 4.69) is 30.1 Å². The first-order valence-corrected chi connectivity index (χ1v) is 22.3. The van der Waals surface area contributed by atoms with E-state index in [-0.39, 0.29) is 12.1 Å². The van der Waals surface area contributed by atoms with Crippen LogP contribution in [-0.2, 0) is 19.7 Å². The fourth-order valence-corrected chi connectivity index (χ4v) is 7.06. The molecule has 0 heterocycles. The number of nitrogens with two attached hydrogens (primary N) is 1. The number of unbranched alkanes of at least 4 members (excludes halogenated alkanes) is 20. The monoisotopic (exact) mass is 715 g/mol. The second-order valence-corrected chi connectivity index (χ2v) is 15.9. The number of esters is 1. The Morgan fingerprint density at radius 1 is 0.571 bits per heavy atom. The van der Waals surface area contributed by atoms with Gasteiger partial charge in [-0.2, -0.15) is 8.42 Å². The van der Waals surface area contributed by atoms with E-state index in [1.165, 1.54) is 128 Å². The van der Waals surface area contributed by atoms with E-state index in [0.717, 1.165) is 64.6 Å². The lowest BCUT2D eigenvalue weighted by Crippen LogP contribution is -2.28. The normalized spacial score (nSPS) is 12.4. The number of hydrogen-bond donors (Lipinski definition) is 1. The number of hydrogen-bond acceptors (Lipinski definition) is 5. The number of amidine groups is 1. The van der Waals surface area contributed by atoms with Crippen molar-refractivity contribution in [2.75, 3.05) is 33.7 Å². The molecular weight excluding hydrogens is 633 g/mol. The molecule has 0 unspecified atom stereocenters. The summed E-state index contributed by atoms with van der Waals surface area (Å²) in [5, 5.41) is 5.15. The maximum Gasteiger partial charge on any atom is 0.318 e. The van der Waals surface area contributed by atoms with Gasteiger partial charge in [0.1, 0.15) is 11.9 Å². The zero-order valence-corrected chi connectivity index (χ0v) is 34.0. The molecule has 9 heteroatoms. The minimum Gasteiger partial charge on any atom is -0.462 e. The van der Waals surface area contributed by atoms with Gasteiger partial charge >= 0.3 is 16.2 Å². The number of nitrogens with zero attached hydrogens (tertiary/aromatic N) is 3. The lowest BCUT2D eigenvalue weighted by molar-refractivity contribution is -0.150. The molecule has 0 aromatic rings. The van der Waals surface area contributed by atoms with Crippen LogP contribution in [0.3, 0.4) is 0 Å². The van der Waals surface area contributed by atoms with Gasteiger partial charge in [0.15, 0.2) is 0 Å². The van der Waals surface area contributed by atoms with Crippen LogP contribution >= 0.6 is 0 Å². The van der Waals surface area contributed by atoms with Crippen LogP contribution in [-0.4, -0.2) is 69.9 Å². The van der Waals surface area contributed by atoms with Crippen LogP contribution < -0.4 is 5.14 Å². The second kappa shape index (κ2) is 33.9. The van der Waals surface area contributed by atoms with Crippen molar-refractivity contribution in [2.45, 2.75) is 213 Å². The lowest BCUT2D eigenvalue weighted by atomic mass is 10.0. The Hall–Kier alpha value is -1.19. The summed E-state index contributed by atoms with van der Waals surface area (Å²) in [5.41, 5.74) is 0. The van der Waals surface area contributed by atoms with Gasteiger partial charge in [-0.1, -0.05) is 136 Å². The van der Waals surface area contributed by atoms with Gasteiger partial charge in [-0.05, 0) is 77.4 Å². The summed E-state index contributed by atoms with van der Waals surface area (Å²) in [7, 11) is -0.263. The van der Waals surface area contributed by atoms with Gasteiger partial charge in [-0.25, -0.2) is 5.14 Å². The average Bonchev–Trinajstić information content (AvgIpc) is 3.05. The van der Waals surface area contributed by atoms with Crippen molar-refractivity contribution in [2.24, 2.45) is 9.54 Å². The summed E-state index contributed by atoms with van der Waals surface area (Å²) in [6, 6.07) is 0. The molecule has 0 bridgehead atoms. The first-order chi connectivity index (χ1) is 23.6. The summed E-state index contributed by atoms with van der Waals surface area (Å²) in [6.07, 6.45) is 33.9. The van der Waals surface area contributed by atoms with Crippen molar-refractivity contribution in [1.29, 1.82) is 0 Å². The molecule has 0 atom stereocenters. The number of carbonyl (C=O) groups is 1. The first-order valence-electron chi connectivity index (χ1n) is 20.8. The summed E-state index contributed by atoms with van der Waals surface area (Å²) in [5.74, 6) is 0.526. The molecular formula is C40H82N4O4S. The minimum absolute atomic E-state index is 0.0126. The number of ether oxygens (including phenoxy) is 1. The van der Waals surface area contributed by atoms with E-state index < -0.39 is 10.2 Å². The zero-order chi connectivity index (χ0) is 36.4. The van der Waals surface area contributed by atoms with Gasteiger partial charge in [0, 0.05) is 26.9 Å². The average molecular weight is 715 g/mol. The molecule has 0 radical (unpaired) electrons. The molecule has 0 saturated carbocycles. The van der Waals surface area contributed by atoms with Crippen molar-refractivity contribution in [3.63, 3.8) is 0 Å². The Labute approximate surface area is 305 Å². The van der Waals surface area contributed by atoms with Crippen LogP contribution in [0.4, 0.5) is 0 Å². The third-order valence-electron chi connectivity index (χ3n) is 9.61. The highest BCUT2D eigenvalue weighted by molar-refractivity contribution is 7.88. The smallest absolute Gasteiger partial charge is 0.318 e. The highest BCUT2D eigenvalue weighted by atomic mass is 32.2. The molecule has 0 aliphatic rings. The van der Waals surface area contributed by atoms with Crippen LogP contribution in [0, 0.1) is 0 Å². The van der Waals surface area contributed by atoms with Crippen molar-refractivity contribution < 1.29 is 17.9 Å². The third-order valence-corrected chi connectivity index (χ3v) is 10.1. The quantitative estimate of drug-likeness (QED) is 0.0300. The Balaban J connectivity index is 4.52. The van der Waals surface area contributed by atoms with E-state index in [0.29, 0.717) is 18.7 Å². The molecule has 0 aromatic carbocycles. The van der Waals surface area contributed by atoms with Gasteiger partial charge in [0.05, 0.1) is 0 Å². The van der Waals surface area contributed by atoms with Gasteiger partial charge in [-0.15, -0.1) is 4.40 Å². The van der Waals surface area contributed by atoms with Crippen LogP contribution in [0.15, 0.2) is 4.40 Å². The highest BCUT2D eigenvalue weighted by Gasteiger charge is 2.15. The van der Waals surface area contributed by atoms with Crippen LogP contribution in [0.2, 0.25) is 0 Å². The molecule has 8 nitrogen and oxygen atoms in total. The molecule has 292 valence electrons. The molecule has 0 aliphatic heterocycles. The molecule has 0 spiro atoms. The van der Waals surface area contributed by atoms with E-state index in [1.807, 2.05) is 14.1 Å². The molecule has 0 saturated heterocycles. The lowest BCUT2D eigenvalue weighted by Gasteiger charge is -2.23. The summed E-state index contributed by atoms with van der Waals surface area (Å²) < 4.78 is 32.7. The molecule has 49 heavy (non-hydrogen) atoms. The summed E-state index contributed by atoms with van der Waals surface area (Å²) in [6.45, 7) is 10.0. The van der Waals surface area contributed by atoms with Crippen molar-refractivity contribution >= 4 is 22.0 Å². The fourth-order valence-electron chi connectivity index (χ4n) is 6.51. The number of carbonyl (C=O) groups excluding carboxylic acids is 1. The summed E-state index contributed by atoms with van der Waals surface area (Å²) in [4.78, 5) is 17.1. The van der Waals surface area contributed by atoms with E-state index in [9.17, 15) is 13.2 Å². The molecule has 0 aromatic heterocycles. The predicted molar refractivity (Wildman–Crippen MR) is 211 cm³/mol. The van der Waals surface area contributed by atoms with Gasteiger partial charge < -0.3 is 14.5 Å². The SMILES string of the molecule is CCCCCCCCC(CCCCCCCC)OC(=O)CCCCCCCN(CCCCCCCC)CCCC/C(=N/S(N)(=O)=O)N(C)C. The maximum atomic E-state index is 12.8. The van der Waals surface area contributed by atoms with Crippen LogP contribution in [0.1, 0.15) is 207 Å². The first kappa shape index (κ1) is 47.8. The minimum atomic E-state index is -3.88. The zero-order valence-electron chi connectivity index (χ0n) is 33.2. The maximum absolute atomic E-state index is 12.8. The van der Waals surface area contributed by atoms with Crippen molar-refractivity contribution in [3.05, 3.63) is 0 Å². The molecule has 0 amide bonds. The predicted octanol–water partition coefficient (Wildman–Crippen LogP) is 10.7. The van der Waals surface area contributed by atoms with Gasteiger partial charge in [0.25, 0.3) is 0 Å².